The summed E-state index contributed by atoms with van der Waals surface area (Å²) in [4.78, 5) is 13.9. The van der Waals surface area contributed by atoms with Gasteiger partial charge >= 0.3 is 0 Å². The largest absolute Gasteiger partial charge is 0.399 e. The Morgan fingerprint density at radius 3 is 2.72 bits per heavy atom. The van der Waals surface area contributed by atoms with Crippen molar-refractivity contribution in [2.75, 3.05) is 5.73 Å². The Morgan fingerprint density at radius 2 is 2.11 bits per heavy atom. The molecule has 0 spiro atoms. The van der Waals surface area contributed by atoms with E-state index in [1.165, 1.54) is 11.3 Å². The summed E-state index contributed by atoms with van der Waals surface area (Å²) in [6.45, 7) is 3.94. The Labute approximate surface area is 111 Å². The first-order valence-electron chi connectivity index (χ1n) is 5.79. The third-order valence-corrected chi connectivity index (χ3v) is 3.72. The molecule has 0 aliphatic heterocycles. The molecular formula is C14H16N2OS. The SMILES string of the molecule is Cc1ccc(C(=O)NC(C)c2cccc(N)c2)s1. The van der Waals surface area contributed by atoms with Gasteiger partial charge in [0.2, 0.25) is 0 Å². The van der Waals surface area contributed by atoms with Gasteiger partial charge in [0, 0.05) is 10.6 Å². The smallest absolute Gasteiger partial charge is 0.261 e. The molecule has 18 heavy (non-hydrogen) atoms. The molecule has 0 radical (unpaired) electrons. The lowest BCUT2D eigenvalue weighted by atomic mass is 10.1. The molecule has 1 aromatic carbocycles. The first-order chi connectivity index (χ1) is 8.56. The number of nitrogens with two attached hydrogens (primary N) is 1. The van der Waals surface area contributed by atoms with E-state index in [4.69, 9.17) is 5.73 Å². The second-order valence-electron chi connectivity index (χ2n) is 4.28. The lowest BCUT2D eigenvalue weighted by Gasteiger charge is -2.14. The average molecular weight is 260 g/mol. The van der Waals surface area contributed by atoms with Crippen molar-refractivity contribution in [1.82, 2.24) is 5.32 Å². The Morgan fingerprint density at radius 1 is 1.33 bits per heavy atom. The summed E-state index contributed by atoms with van der Waals surface area (Å²) in [6.07, 6.45) is 0. The van der Waals surface area contributed by atoms with Gasteiger partial charge < -0.3 is 11.1 Å². The van der Waals surface area contributed by atoms with Gasteiger partial charge in [-0.3, -0.25) is 4.79 Å². The van der Waals surface area contributed by atoms with Crippen molar-refractivity contribution >= 4 is 22.9 Å². The molecule has 0 aliphatic carbocycles. The van der Waals surface area contributed by atoms with Crippen LogP contribution in [0.25, 0.3) is 0 Å². The number of benzene rings is 1. The summed E-state index contributed by atoms with van der Waals surface area (Å²) in [6, 6.07) is 11.3. The highest BCUT2D eigenvalue weighted by molar-refractivity contribution is 7.13. The lowest BCUT2D eigenvalue weighted by Crippen LogP contribution is -2.25. The molecule has 1 unspecified atom stereocenters. The molecular weight excluding hydrogens is 244 g/mol. The second kappa shape index (κ2) is 5.23. The topological polar surface area (TPSA) is 55.1 Å². The van der Waals surface area contributed by atoms with Crippen LogP contribution in [0.15, 0.2) is 36.4 Å². The van der Waals surface area contributed by atoms with Gasteiger partial charge in [-0.05, 0) is 43.7 Å². The Kier molecular flexibility index (Phi) is 3.67. The number of hydrogen-bond acceptors (Lipinski definition) is 3. The number of anilines is 1. The molecule has 1 aromatic heterocycles. The van der Waals surface area contributed by atoms with Crippen LogP contribution in [0, 0.1) is 6.92 Å². The fraction of sp³-hybridized carbons (Fsp3) is 0.214. The first kappa shape index (κ1) is 12.6. The predicted octanol–water partition coefficient (Wildman–Crippen LogP) is 3.13. The molecule has 4 heteroatoms. The summed E-state index contributed by atoms with van der Waals surface area (Å²) >= 11 is 1.50. The normalized spacial score (nSPS) is 12.1. The fourth-order valence-electron chi connectivity index (χ4n) is 1.74. The number of thiophene rings is 1. The Balaban J connectivity index is 2.07. The van der Waals surface area contributed by atoms with Crippen molar-refractivity contribution in [3.05, 3.63) is 51.7 Å². The van der Waals surface area contributed by atoms with Crippen LogP contribution in [0.1, 0.15) is 33.1 Å². The van der Waals surface area contributed by atoms with Crippen molar-refractivity contribution in [1.29, 1.82) is 0 Å². The molecule has 3 N–H and O–H groups in total. The fourth-order valence-corrected chi connectivity index (χ4v) is 2.51. The molecule has 0 fully saturated rings. The van der Waals surface area contributed by atoms with Crippen LogP contribution in [0.5, 0.6) is 0 Å². The van der Waals surface area contributed by atoms with E-state index >= 15 is 0 Å². The molecule has 0 bridgehead atoms. The summed E-state index contributed by atoms with van der Waals surface area (Å²) in [5.74, 6) is -0.0389. The highest BCUT2D eigenvalue weighted by Crippen LogP contribution is 2.18. The van der Waals surface area contributed by atoms with Gasteiger partial charge in [0.15, 0.2) is 0 Å². The van der Waals surface area contributed by atoms with Crippen molar-refractivity contribution in [2.45, 2.75) is 19.9 Å². The zero-order valence-electron chi connectivity index (χ0n) is 10.4. The van der Waals surface area contributed by atoms with Crippen molar-refractivity contribution in [3.8, 4) is 0 Å². The molecule has 1 amide bonds. The van der Waals surface area contributed by atoms with Gasteiger partial charge in [0.1, 0.15) is 0 Å². The number of amides is 1. The van der Waals surface area contributed by atoms with E-state index in [9.17, 15) is 4.79 Å². The first-order valence-corrected chi connectivity index (χ1v) is 6.60. The van der Waals surface area contributed by atoms with Gasteiger partial charge in [0.05, 0.1) is 10.9 Å². The summed E-state index contributed by atoms with van der Waals surface area (Å²) in [5, 5.41) is 2.97. The maximum Gasteiger partial charge on any atom is 0.261 e. The third-order valence-electron chi connectivity index (χ3n) is 2.72. The zero-order valence-corrected chi connectivity index (χ0v) is 11.3. The molecule has 1 heterocycles. The van der Waals surface area contributed by atoms with E-state index in [0.717, 1.165) is 15.3 Å². The zero-order chi connectivity index (χ0) is 13.1. The maximum atomic E-state index is 12.0. The Bertz CT molecular complexity index is 562. The third kappa shape index (κ3) is 2.90. The molecule has 2 rings (SSSR count). The van der Waals surface area contributed by atoms with Crippen LogP contribution in [0.2, 0.25) is 0 Å². The highest BCUT2D eigenvalue weighted by Gasteiger charge is 2.12. The number of carbonyl (C=O) groups excluding carboxylic acids is 1. The van der Waals surface area contributed by atoms with Crippen LogP contribution in [0.4, 0.5) is 5.69 Å². The summed E-state index contributed by atoms with van der Waals surface area (Å²) in [5.41, 5.74) is 7.45. The van der Waals surface area contributed by atoms with E-state index in [0.29, 0.717) is 5.69 Å². The number of carbonyl (C=O) groups is 1. The van der Waals surface area contributed by atoms with E-state index in [1.807, 2.05) is 50.2 Å². The van der Waals surface area contributed by atoms with Crippen LogP contribution in [-0.2, 0) is 0 Å². The quantitative estimate of drug-likeness (QED) is 0.833. The second-order valence-corrected chi connectivity index (χ2v) is 5.56. The molecule has 94 valence electrons. The van der Waals surface area contributed by atoms with Crippen molar-refractivity contribution in [3.63, 3.8) is 0 Å². The number of aryl methyl sites for hydroxylation is 1. The minimum atomic E-state index is -0.0524. The molecule has 0 saturated carbocycles. The Hall–Kier alpha value is -1.81. The predicted molar refractivity (Wildman–Crippen MR) is 75.8 cm³/mol. The van der Waals surface area contributed by atoms with Crippen LogP contribution in [-0.4, -0.2) is 5.91 Å². The van der Waals surface area contributed by atoms with Gasteiger partial charge in [-0.15, -0.1) is 11.3 Å². The minimum absolute atomic E-state index is 0.0389. The van der Waals surface area contributed by atoms with E-state index in [2.05, 4.69) is 5.32 Å². The van der Waals surface area contributed by atoms with Crippen LogP contribution in [0.3, 0.4) is 0 Å². The van der Waals surface area contributed by atoms with Crippen LogP contribution < -0.4 is 11.1 Å². The molecule has 0 aliphatic rings. The molecule has 2 aromatic rings. The highest BCUT2D eigenvalue weighted by atomic mass is 32.1. The van der Waals surface area contributed by atoms with Crippen LogP contribution >= 0.6 is 11.3 Å². The molecule has 0 saturated heterocycles. The number of nitrogens with one attached hydrogen (secondary N) is 1. The average Bonchev–Trinajstić information content (AvgIpc) is 2.76. The van der Waals surface area contributed by atoms with E-state index < -0.39 is 0 Å². The van der Waals surface area contributed by atoms with Gasteiger partial charge in [-0.25, -0.2) is 0 Å². The summed E-state index contributed by atoms with van der Waals surface area (Å²) < 4.78 is 0. The maximum absolute atomic E-state index is 12.0. The number of rotatable bonds is 3. The number of nitrogen functional groups attached to an aromatic ring is 1. The summed E-state index contributed by atoms with van der Waals surface area (Å²) in [7, 11) is 0. The van der Waals surface area contributed by atoms with Gasteiger partial charge in [-0.1, -0.05) is 12.1 Å². The standard InChI is InChI=1S/C14H16N2OS/c1-9-6-7-13(18-9)14(17)16-10(2)11-4-3-5-12(15)8-11/h3-8,10H,15H2,1-2H3,(H,16,17). The molecule has 3 nitrogen and oxygen atoms in total. The van der Waals surface area contributed by atoms with Gasteiger partial charge in [0.25, 0.3) is 5.91 Å². The van der Waals surface area contributed by atoms with Gasteiger partial charge in [-0.2, -0.15) is 0 Å². The van der Waals surface area contributed by atoms with Crippen molar-refractivity contribution in [2.24, 2.45) is 0 Å². The lowest BCUT2D eigenvalue weighted by molar-refractivity contribution is 0.0944. The molecule has 1 atom stereocenters. The minimum Gasteiger partial charge on any atom is -0.399 e. The van der Waals surface area contributed by atoms with E-state index in [1.54, 1.807) is 0 Å². The number of hydrogen-bond donors (Lipinski definition) is 2. The monoisotopic (exact) mass is 260 g/mol. The van der Waals surface area contributed by atoms with Crippen molar-refractivity contribution < 1.29 is 4.79 Å². The van der Waals surface area contributed by atoms with E-state index in [-0.39, 0.29) is 11.9 Å².